The van der Waals surface area contributed by atoms with Crippen molar-refractivity contribution in [2.45, 2.75) is 32.2 Å². The maximum absolute atomic E-state index is 12.8. The molecule has 0 aliphatic carbocycles. The van der Waals surface area contributed by atoms with Crippen molar-refractivity contribution in [3.05, 3.63) is 29.3 Å². The van der Waals surface area contributed by atoms with Gasteiger partial charge in [0.05, 0.1) is 6.42 Å². The van der Waals surface area contributed by atoms with Crippen molar-refractivity contribution in [2.24, 2.45) is 0 Å². The van der Waals surface area contributed by atoms with Gasteiger partial charge in [0.15, 0.2) is 0 Å². The molecule has 1 aromatic carbocycles. The van der Waals surface area contributed by atoms with Crippen molar-refractivity contribution in [1.29, 1.82) is 0 Å². The molecule has 1 aromatic rings. The standard InChI is InChI=1S/C16H21N3O2/c1-2-7-19(13-5-6-17-10-13)16(21)11-3-4-14-12(8-11)9-15(20)18-14/h3-4,8,13,17H,2,5-7,9-10H2,1H3,(H,18,20). The minimum Gasteiger partial charge on any atom is -0.334 e. The third kappa shape index (κ3) is 2.78. The first kappa shape index (κ1) is 14.1. The maximum atomic E-state index is 12.8. The topological polar surface area (TPSA) is 61.4 Å². The Morgan fingerprint density at radius 3 is 3.00 bits per heavy atom. The molecule has 0 radical (unpaired) electrons. The van der Waals surface area contributed by atoms with E-state index in [0.717, 1.165) is 43.7 Å². The second-order valence-corrected chi connectivity index (χ2v) is 5.74. The molecule has 0 bridgehead atoms. The minimum atomic E-state index is 0.00000575. The number of anilines is 1. The summed E-state index contributed by atoms with van der Waals surface area (Å²) in [5.74, 6) is 0.0766. The first-order valence-corrected chi connectivity index (χ1v) is 7.63. The second kappa shape index (κ2) is 5.85. The number of nitrogens with zero attached hydrogens (tertiary/aromatic N) is 1. The fraction of sp³-hybridized carbons (Fsp3) is 0.500. The second-order valence-electron chi connectivity index (χ2n) is 5.74. The summed E-state index contributed by atoms with van der Waals surface area (Å²) in [4.78, 5) is 26.2. The van der Waals surface area contributed by atoms with E-state index in [-0.39, 0.29) is 17.9 Å². The number of hydrogen-bond donors (Lipinski definition) is 2. The zero-order valence-corrected chi connectivity index (χ0v) is 12.3. The molecule has 2 amide bonds. The van der Waals surface area contributed by atoms with Crippen molar-refractivity contribution in [1.82, 2.24) is 10.2 Å². The Labute approximate surface area is 124 Å². The van der Waals surface area contributed by atoms with Crippen LogP contribution in [0.3, 0.4) is 0 Å². The molecule has 0 aromatic heterocycles. The molecule has 112 valence electrons. The van der Waals surface area contributed by atoms with Crippen LogP contribution < -0.4 is 10.6 Å². The van der Waals surface area contributed by atoms with E-state index in [1.165, 1.54) is 0 Å². The largest absolute Gasteiger partial charge is 0.334 e. The number of benzene rings is 1. The van der Waals surface area contributed by atoms with Crippen molar-refractivity contribution >= 4 is 17.5 Å². The van der Waals surface area contributed by atoms with Gasteiger partial charge in [0, 0.05) is 30.4 Å². The zero-order chi connectivity index (χ0) is 14.8. The third-order valence-electron chi connectivity index (χ3n) is 4.18. The van der Waals surface area contributed by atoms with Gasteiger partial charge in [0.25, 0.3) is 5.91 Å². The fourth-order valence-corrected chi connectivity index (χ4v) is 3.12. The van der Waals surface area contributed by atoms with E-state index in [0.29, 0.717) is 12.0 Å². The van der Waals surface area contributed by atoms with Gasteiger partial charge in [0.2, 0.25) is 5.91 Å². The molecule has 1 saturated heterocycles. The highest BCUT2D eigenvalue weighted by Crippen LogP contribution is 2.25. The SMILES string of the molecule is CCCN(C(=O)c1ccc2c(c1)CC(=O)N2)C1CCNC1. The number of amides is 2. The fourth-order valence-electron chi connectivity index (χ4n) is 3.12. The smallest absolute Gasteiger partial charge is 0.254 e. The van der Waals surface area contributed by atoms with Gasteiger partial charge in [-0.25, -0.2) is 0 Å². The predicted octanol–water partition coefficient (Wildman–Crippen LogP) is 1.40. The summed E-state index contributed by atoms with van der Waals surface area (Å²) >= 11 is 0. The monoisotopic (exact) mass is 287 g/mol. The molecule has 2 heterocycles. The summed E-state index contributed by atoms with van der Waals surface area (Å²) < 4.78 is 0. The summed E-state index contributed by atoms with van der Waals surface area (Å²) in [6, 6.07) is 5.80. The van der Waals surface area contributed by atoms with Crippen LogP contribution >= 0.6 is 0 Å². The van der Waals surface area contributed by atoms with E-state index in [2.05, 4.69) is 17.6 Å². The van der Waals surface area contributed by atoms with Gasteiger partial charge in [-0.1, -0.05) is 6.92 Å². The van der Waals surface area contributed by atoms with Crippen LogP contribution in [0.2, 0.25) is 0 Å². The van der Waals surface area contributed by atoms with Gasteiger partial charge < -0.3 is 15.5 Å². The Balaban J connectivity index is 1.82. The van der Waals surface area contributed by atoms with Gasteiger partial charge in [0.1, 0.15) is 0 Å². The van der Waals surface area contributed by atoms with Gasteiger partial charge in [-0.15, -0.1) is 0 Å². The maximum Gasteiger partial charge on any atom is 0.254 e. The predicted molar refractivity (Wildman–Crippen MR) is 81.4 cm³/mol. The number of fused-ring (bicyclic) bond motifs is 1. The lowest BCUT2D eigenvalue weighted by Crippen LogP contribution is -2.42. The van der Waals surface area contributed by atoms with Gasteiger partial charge in [-0.2, -0.15) is 0 Å². The van der Waals surface area contributed by atoms with Crippen LogP contribution in [0.5, 0.6) is 0 Å². The third-order valence-corrected chi connectivity index (χ3v) is 4.18. The normalized spacial score (nSPS) is 20.2. The Bertz CT molecular complexity index is 565. The van der Waals surface area contributed by atoms with Crippen molar-refractivity contribution in [3.63, 3.8) is 0 Å². The van der Waals surface area contributed by atoms with Crippen LogP contribution in [0.4, 0.5) is 5.69 Å². The van der Waals surface area contributed by atoms with Crippen molar-refractivity contribution < 1.29 is 9.59 Å². The van der Waals surface area contributed by atoms with E-state index in [4.69, 9.17) is 0 Å². The number of carbonyl (C=O) groups is 2. The molecule has 2 N–H and O–H groups in total. The van der Waals surface area contributed by atoms with E-state index >= 15 is 0 Å². The lowest BCUT2D eigenvalue weighted by Gasteiger charge is -2.28. The van der Waals surface area contributed by atoms with Crippen LogP contribution in [0.1, 0.15) is 35.7 Å². The Morgan fingerprint density at radius 2 is 2.29 bits per heavy atom. The molecule has 1 atom stereocenters. The molecular weight excluding hydrogens is 266 g/mol. The quantitative estimate of drug-likeness (QED) is 0.880. The van der Waals surface area contributed by atoms with Crippen molar-refractivity contribution in [3.8, 4) is 0 Å². The van der Waals surface area contributed by atoms with Crippen LogP contribution in [-0.4, -0.2) is 42.4 Å². The highest BCUT2D eigenvalue weighted by molar-refractivity contribution is 6.01. The Morgan fingerprint density at radius 1 is 1.43 bits per heavy atom. The minimum absolute atomic E-state index is 0.00000575. The van der Waals surface area contributed by atoms with Crippen molar-refractivity contribution in [2.75, 3.05) is 25.0 Å². The molecular formula is C16H21N3O2. The van der Waals surface area contributed by atoms with Crippen LogP contribution in [0.15, 0.2) is 18.2 Å². The summed E-state index contributed by atoms with van der Waals surface area (Å²) in [5, 5.41) is 6.12. The lowest BCUT2D eigenvalue weighted by molar-refractivity contribution is -0.115. The molecule has 3 rings (SSSR count). The number of rotatable bonds is 4. The molecule has 0 spiro atoms. The zero-order valence-electron chi connectivity index (χ0n) is 12.3. The first-order valence-electron chi connectivity index (χ1n) is 7.63. The number of nitrogens with one attached hydrogen (secondary N) is 2. The van der Waals surface area contributed by atoms with Crippen LogP contribution in [0.25, 0.3) is 0 Å². The molecule has 0 saturated carbocycles. The highest BCUT2D eigenvalue weighted by atomic mass is 16.2. The molecule has 21 heavy (non-hydrogen) atoms. The summed E-state index contributed by atoms with van der Waals surface area (Å²) in [7, 11) is 0. The van der Waals surface area contributed by atoms with E-state index < -0.39 is 0 Å². The molecule has 5 heteroatoms. The van der Waals surface area contributed by atoms with Gasteiger partial charge >= 0.3 is 0 Å². The molecule has 1 unspecified atom stereocenters. The van der Waals surface area contributed by atoms with Gasteiger partial charge in [-0.05, 0) is 43.1 Å². The summed E-state index contributed by atoms with van der Waals surface area (Å²) in [5.41, 5.74) is 2.44. The van der Waals surface area contributed by atoms with Gasteiger partial charge in [-0.3, -0.25) is 9.59 Å². The average molecular weight is 287 g/mol. The van der Waals surface area contributed by atoms with E-state index in [9.17, 15) is 9.59 Å². The Hall–Kier alpha value is -1.88. The van der Waals surface area contributed by atoms with E-state index in [1.54, 1.807) is 0 Å². The molecule has 2 aliphatic heterocycles. The van der Waals surface area contributed by atoms with Crippen LogP contribution in [0, 0.1) is 0 Å². The Kier molecular flexibility index (Phi) is 3.92. The molecule has 5 nitrogen and oxygen atoms in total. The summed E-state index contributed by atoms with van der Waals surface area (Å²) in [6.07, 6.45) is 2.33. The lowest BCUT2D eigenvalue weighted by atomic mass is 10.1. The molecule has 1 fully saturated rings. The average Bonchev–Trinajstić information content (AvgIpc) is 3.11. The first-order chi connectivity index (χ1) is 10.2. The highest BCUT2D eigenvalue weighted by Gasteiger charge is 2.27. The molecule has 2 aliphatic rings. The number of hydrogen-bond acceptors (Lipinski definition) is 3. The van der Waals surface area contributed by atoms with E-state index in [1.807, 2.05) is 23.1 Å². The number of carbonyl (C=O) groups excluding carboxylic acids is 2. The van der Waals surface area contributed by atoms with Crippen LogP contribution in [-0.2, 0) is 11.2 Å². The summed E-state index contributed by atoms with van der Waals surface area (Å²) in [6.45, 7) is 4.71.